The van der Waals surface area contributed by atoms with Crippen molar-refractivity contribution in [3.05, 3.63) is 65.7 Å². The highest BCUT2D eigenvalue weighted by Gasteiger charge is 2.14. The number of hydrogen-bond donors (Lipinski definition) is 0. The maximum Gasteiger partial charge on any atom is 0.296 e. The van der Waals surface area contributed by atoms with Gasteiger partial charge in [-0.15, -0.1) is 0 Å². The molecule has 0 radical (unpaired) electrons. The Hall–Kier alpha value is -1.69. The molecule has 0 unspecified atom stereocenters. The minimum Gasteiger partial charge on any atom is -0.377 e. The summed E-state index contributed by atoms with van der Waals surface area (Å²) >= 11 is 0. The molecular weight excluding hydrogens is 336 g/mol. The van der Waals surface area contributed by atoms with Gasteiger partial charge in [0.1, 0.15) is 0 Å². The molecule has 0 aliphatic rings. The van der Waals surface area contributed by atoms with Gasteiger partial charge >= 0.3 is 0 Å². The van der Waals surface area contributed by atoms with Crippen LogP contribution in [0.1, 0.15) is 36.8 Å². The molecule has 0 heterocycles. The van der Waals surface area contributed by atoms with Crippen LogP contribution in [0.15, 0.2) is 59.5 Å². The Kier molecular flexibility index (Phi) is 8.12. The van der Waals surface area contributed by atoms with Gasteiger partial charge in [0.15, 0.2) is 0 Å². The van der Waals surface area contributed by atoms with E-state index in [0.717, 1.165) is 37.9 Å². The van der Waals surface area contributed by atoms with E-state index in [-0.39, 0.29) is 11.5 Å². The van der Waals surface area contributed by atoms with Crippen LogP contribution in [-0.2, 0) is 25.6 Å². The molecule has 0 fully saturated rings. The zero-order valence-electron chi connectivity index (χ0n) is 14.7. The summed E-state index contributed by atoms with van der Waals surface area (Å²) in [6, 6.07) is 16.8. The Morgan fingerprint density at radius 2 is 1.44 bits per heavy atom. The Balaban J connectivity index is 1.52. The van der Waals surface area contributed by atoms with E-state index in [1.807, 2.05) is 37.3 Å². The van der Waals surface area contributed by atoms with Crippen LogP contribution >= 0.6 is 0 Å². The van der Waals surface area contributed by atoms with E-state index in [1.54, 1.807) is 24.3 Å². The van der Waals surface area contributed by atoms with Gasteiger partial charge in [-0.2, -0.15) is 8.42 Å². The monoisotopic (exact) mass is 362 g/mol. The molecule has 4 nitrogen and oxygen atoms in total. The smallest absolute Gasteiger partial charge is 0.296 e. The third kappa shape index (κ3) is 7.38. The molecule has 0 aliphatic carbocycles. The zero-order valence-corrected chi connectivity index (χ0v) is 15.5. The van der Waals surface area contributed by atoms with Crippen LogP contribution in [0.5, 0.6) is 0 Å². The molecule has 25 heavy (non-hydrogen) atoms. The highest BCUT2D eigenvalue weighted by molar-refractivity contribution is 7.86. The Bertz CT molecular complexity index is 709. The van der Waals surface area contributed by atoms with E-state index in [2.05, 4.69) is 0 Å². The molecule has 0 atom stereocenters. The van der Waals surface area contributed by atoms with Crippen LogP contribution in [0.4, 0.5) is 0 Å². The van der Waals surface area contributed by atoms with Crippen molar-refractivity contribution in [2.24, 2.45) is 0 Å². The van der Waals surface area contributed by atoms with E-state index in [4.69, 9.17) is 8.92 Å². The molecule has 2 aromatic carbocycles. The van der Waals surface area contributed by atoms with Gasteiger partial charge in [0.05, 0.1) is 18.1 Å². The molecule has 136 valence electrons. The lowest BCUT2D eigenvalue weighted by Crippen LogP contribution is -2.07. The maximum absolute atomic E-state index is 12.0. The largest absolute Gasteiger partial charge is 0.377 e. The average Bonchev–Trinajstić information content (AvgIpc) is 2.61. The minimum absolute atomic E-state index is 0.215. The van der Waals surface area contributed by atoms with Crippen molar-refractivity contribution in [3.8, 4) is 0 Å². The molecule has 0 N–H and O–H groups in total. The molecule has 5 heteroatoms. The van der Waals surface area contributed by atoms with Crippen molar-refractivity contribution in [1.29, 1.82) is 0 Å². The lowest BCUT2D eigenvalue weighted by atomic mass is 10.2. The summed E-state index contributed by atoms with van der Waals surface area (Å²) in [7, 11) is -3.63. The van der Waals surface area contributed by atoms with Crippen LogP contribution in [0.25, 0.3) is 0 Å². The van der Waals surface area contributed by atoms with E-state index >= 15 is 0 Å². The molecule has 2 aromatic rings. The second-order valence-electron chi connectivity index (χ2n) is 6.04. The maximum atomic E-state index is 12.0. The lowest BCUT2D eigenvalue weighted by Gasteiger charge is -2.06. The number of unbranched alkanes of at least 4 members (excludes halogenated alkanes) is 3. The molecule has 0 aromatic heterocycles. The van der Waals surface area contributed by atoms with E-state index in [0.29, 0.717) is 6.61 Å². The van der Waals surface area contributed by atoms with Gasteiger partial charge in [0.25, 0.3) is 10.1 Å². The number of ether oxygens (including phenoxy) is 1. The molecular formula is C20H26O4S. The van der Waals surface area contributed by atoms with Crippen molar-refractivity contribution in [3.63, 3.8) is 0 Å². The first-order valence-corrected chi connectivity index (χ1v) is 10.1. The number of aryl methyl sites for hydroxylation is 1. The summed E-state index contributed by atoms with van der Waals surface area (Å²) in [6.07, 6.45) is 3.63. The number of benzene rings is 2. The Morgan fingerprint density at radius 3 is 2.12 bits per heavy atom. The fraction of sp³-hybridized carbons (Fsp3) is 0.400. The fourth-order valence-corrected chi connectivity index (χ4v) is 3.31. The summed E-state index contributed by atoms with van der Waals surface area (Å²) in [4.78, 5) is 0.215. The highest BCUT2D eigenvalue weighted by Crippen LogP contribution is 2.14. The molecule has 0 aliphatic heterocycles. The van der Waals surface area contributed by atoms with Crippen molar-refractivity contribution < 1.29 is 17.3 Å². The van der Waals surface area contributed by atoms with E-state index in [9.17, 15) is 8.42 Å². The van der Waals surface area contributed by atoms with Crippen LogP contribution in [0.2, 0.25) is 0 Å². The molecule has 2 rings (SSSR count). The van der Waals surface area contributed by atoms with E-state index in [1.165, 1.54) is 5.56 Å². The molecule has 0 saturated carbocycles. The molecule has 0 bridgehead atoms. The summed E-state index contributed by atoms with van der Waals surface area (Å²) in [5.74, 6) is 0. The first-order valence-electron chi connectivity index (χ1n) is 8.66. The summed E-state index contributed by atoms with van der Waals surface area (Å²) in [5, 5.41) is 0. The topological polar surface area (TPSA) is 52.6 Å². The van der Waals surface area contributed by atoms with Crippen LogP contribution in [0, 0.1) is 6.92 Å². The summed E-state index contributed by atoms with van der Waals surface area (Å²) < 4.78 is 34.7. The normalized spacial score (nSPS) is 11.6. The third-order valence-corrected chi connectivity index (χ3v) is 5.17. The van der Waals surface area contributed by atoms with Crippen molar-refractivity contribution in [2.45, 2.75) is 44.1 Å². The first kappa shape index (κ1) is 19.6. The van der Waals surface area contributed by atoms with Gasteiger partial charge < -0.3 is 4.74 Å². The standard InChI is InChI=1S/C20H26O4S/c1-18-11-13-20(14-12-18)25(21,22)24-16-8-3-2-7-15-23-17-19-9-5-4-6-10-19/h4-6,9-14H,2-3,7-8,15-17H2,1H3. The predicted octanol–water partition coefficient (Wildman–Crippen LogP) is 4.48. The van der Waals surface area contributed by atoms with Crippen LogP contribution < -0.4 is 0 Å². The number of hydrogen-bond acceptors (Lipinski definition) is 4. The summed E-state index contributed by atoms with van der Waals surface area (Å²) in [6.45, 7) is 3.50. The second-order valence-corrected chi connectivity index (χ2v) is 7.66. The van der Waals surface area contributed by atoms with Crippen molar-refractivity contribution in [1.82, 2.24) is 0 Å². The fourth-order valence-electron chi connectivity index (χ4n) is 2.37. The number of rotatable bonds is 11. The summed E-state index contributed by atoms with van der Waals surface area (Å²) in [5.41, 5.74) is 2.20. The lowest BCUT2D eigenvalue weighted by molar-refractivity contribution is 0.116. The highest BCUT2D eigenvalue weighted by atomic mass is 32.2. The van der Waals surface area contributed by atoms with Crippen LogP contribution in [-0.4, -0.2) is 21.6 Å². The van der Waals surface area contributed by atoms with Gasteiger partial charge in [-0.3, -0.25) is 4.18 Å². The molecule has 0 spiro atoms. The minimum atomic E-state index is -3.63. The van der Waals surface area contributed by atoms with Gasteiger partial charge in [-0.25, -0.2) is 0 Å². The quantitative estimate of drug-likeness (QED) is 0.437. The third-order valence-electron chi connectivity index (χ3n) is 3.84. The average molecular weight is 362 g/mol. The Morgan fingerprint density at radius 1 is 0.800 bits per heavy atom. The van der Waals surface area contributed by atoms with Crippen molar-refractivity contribution >= 4 is 10.1 Å². The Labute approximate surface area is 150 Å². The first-order chi connectivity index (χ1) is 12.1. The van der Waals surface area contributed by atoms with E-state index < -0.39 is 10.1 Å². The van der Waals surface area contributed by atoms with Gasteiger partial charge in [0.2, 0.25) is 0 Å². The van der Waals surface area contributed by atoms with Crippen molar-refractivity contribution in [2.75, 3.05) is 13.2 Å². The second kappa shape index (κ2) is 10.3. The predicted molar refractivity (Wildman–Crippen MR) is 98.9 cm³/mol. The van der Waals surface area contributed by atoms with Gasteiger partial charge in [-0.1, -0.05) is 60.9 Å². The van der Waals surface area contributed by atoms with Crippen LogP contribution in [0.3, 0.4) is 0 Å². The molecule has 0 saturated heterocycles. The molecule has 0 amide bonds. The SMILES string of the molecule is Cc1ccc(S(=O)(=O)OCCCCCCOCc2ccccc2)cc1. The van der Waals surface area contributed by atoms with Gasteiger partial charge in [-0.05, 0) is 37.5 Å². The zero-order chi connectivity index (χ0) is 18.0. The van der Waals surface area contributed by atoms with Gasteiger partial charge in [0, 0.05) is 6.61 Å².